The molecule has 2 heteroatoms. The molecule has 1 N–H and O–H groups in total. The second-order valence-electron chi connectivity index (χ2n) is 1.10. The first-order chi connectivity index (χ1) is 2.41. The first-order valence-corrected chi connectivity index (χ1v) is 2.06. The van der Waals surface area contributed by atoms with E-state index in [4.69, 9.17) is 5.73 Å². The van der Waals surface area contributed by atoms with E-state index >= 15 is 0 Å². The minimum absolute atomic E-state index is 0. The molecule has 0 amide bonds. The van der Waals surface area contributed by atoms with Gasteiger partial charge in [0.05, 0.1) is 0 Å². The first kappa shape index (κ1) is 9.82. The summed E-state index contributed by atoms with van der Waals surface area (Å²) in [6, 6.07) is 0. The molecule has 0 unspecified atom stereocenters. The van der Waals surface area contributed by atoms with Gasteiger partial charge in [-0.3, -0.25) is 0 Å². The van der Waals surface area contributed by atoms with Crippen LogP contribution in [-0.4, -0.2) is 6.54 Å². The summed E-state index contributed by atoms with van der Waals surface area (Å²) >= 11 is 0. The quantitative estimate of drug-likeness (QED) is 0.561. The average molecular weight is 168 g/mol. The van der Waals surface area contributed by atoms with Crippen LogP contribution in [0.15, 0.2) is 0 Å². The van der Waals surface area contributed by atoms with Gasteiger partial charge in [-0.1, -0.05) is 19.8 Å². The Bertz CT molecular complexity index is 15.0. The molecule has 38 valence electrons. The molecule has 0 heterocycles. The number of nitrogens with one attached hydrogen (secondary N) is 1. The molecule has 0 radical (unpaired) electrons. The third kappa shape index (κ3) is 8.82. The zero-order chi connectivity index (χ0) is 4.12. The zero-order valence-electron chi connectivity index (χ0n) is 4.03. The van der Waals surface area contributed by atoms with Gasteiger partial charge in [-0.2, -0.15) is 6.54 Å². The van der Waals surface area contributed by atoms with Gasteiger partial charge in [0.25, 0.3) is 0 Å². The second-order valence-corrected chi connectivity index (χ2v) is 1.10. The molecule has 0 saturated heterocycles. The SMILES string of the molecule is CCCC[NH-].[Mo]. The van der Waals surface area contributed by atoms with E-state index in [1.54, 1.807) is 0 Å². The number of unbranched alkanes of at least 4 members (excludes halogenated alkanes) is 1. The first-order valence-electron chi connectivity index (χ1n) is 2.06. The Kier molecular flexibility index (Phi) is 15.0. The summed E-state index contributed by atoms with van der Waals surface area (Å²) in [4.78, 5) is 0. The van der Waals surface area contributed by atoms with Gasteiger partial charge in [0.1, 0.15) is 0 Å². The summed E-state index contributed by atoms with van der Waals surface area (Å²) in [6.45, 7) is 2.69. The maximum atomic E-state index is 6.60. The van der Waals surface area contributed by atoms with E-state index < -0.39 is 0 Å². The molecule has 0 rings (SSSR count). The van der Waals surface area contributed by atoms with Crippen molar-refractivity contribution in [2.45, 2.75) is 19.8 Å². The Hall–Kier alpha value is 0.648. The summed E-state index contributed by atoms with van der Waals surface area (Å²) in [5.74, 6) is 0. The van der Waals surface area contributed by atoms with Crippen molar-refractivity contribution in [3.63, 3.8) is 0 Å². The van der Waals surface area contributed by atoms with Crippen LogP contribution in [0.2, 0.25) is 0 Å². The molecule has 0 aliphatic carbocycles. The van der Waals surface area contributed by atoms with Crippen LogP contribution in [-0.2, 0) is 21.1 Å². The van der Waals surface area contributed by atoms with E-state index in [9.17, 15) is 0 Å². The van der Waals surface area contributed by atoms with Crippen LogP contribution in [0.1, 0.15) is 19.8 Å². The second kappa shape index (κ2) is 9.17. The fraction of sp³-hybridized carbons (Fsp3) is 1.00. The van der Waals surface area contributed by atoms with Crippen molar-refractivity contribution in [3.8, 4) is 0 Å². The van der Waals surface area contributed by atoms with Gasteiger partial charge < -0.3 is 5.73 Å². The van der Waals surface area contributed by atoms with E-state index in [0.29, 0.717) is 6.54 Å². The van der Waals surface area contributed by atoms with Crippen LogP contribution in [0, 0.1) is 0 Å². The van der Waals surface area contributed by atoms with Crippen molar-refractivity contribution in [2.75, 3.05) is 6.54 Å². The van der Waals surface area contributed by atoms with Crippen molar-refractivity contribution in [2.24, 2.45) is 0 Å². The van der Waals surface area contributed by atoms with Crippen LogP contribution in [0.25, 0.3) is 5.73 Å². The Morgan fingerprint density at radius 1 is 1.50 bits per heavy atom. The Labute approximate surface area is 53.6 Å². The Balaban J connectivity index is 0. The minimum atomic E-state index is 0. The molecule has 0 saturated carbocycles. The number of hydrogen-bond donors (Lipinski definition) is 0. The van der Waals surface area contributed by atoms with Gasteiger partial charge in [0, 0.05) is 21.1 Å². The number of hydrogen-bond acceptors (Lipinski definition) is 0. The van der Waals surface area contributed by atoms with Crippen LogP contribution < -0.4 is 0 Å². The van der Waals surface area contributed by atoms with Crippen molar-refractivity contribution in [1.29, 1.82) is 0 Å². The van der Waals surface area contributed by atoms with Crippen LogP contribution >= 0.6 is 0 Å². The van der Waals surface area contributed by atoms with Crippen molar-refractivity contribution in [3.05, 3.63) is 5.73 Å². The molecule has 0 aromatic heterocycles. The molecule has 0 bridgehead atoms. The average Bonchev–Trinajstić information content (AvgIpc) is 1.41. The number of rotatable bonds is 2. The van der Waals surface area contributed by atoms with Gasteiger partial charge in [-0.15, -0.1) is 0 Å². The monoisotopic (exact) mass is 170 g/mol. The van der Waals surface area contributed by atoms with Crippen LogP contribution in [0.4, 0.5) is 0 Å². The standard InChI is InChI=1S/C4H10N.Mo/c1-2-3-4-5;/h5H,2-4H2,1H3;/q-1;. The normalized spacial score (nSPS) is 7.00. The minimum Gasteiger partial charge on any atom is -0.677 e. The topological polar surface area (TPSA) is 23.8 Å². The van der Waals surface area contributed by atoms with Crippen molar-refractivity contribution >= 4 is 0 Å². The van der Waals surface area contributed by atoms with Crippen LogP contribution in [0.3, 0.4) is 0 Å². The molecule has 0 aromatic rings. The van der Waals surface area contributed by atoms with E-state index in [-0.39, 0.29) is 21.1 Å². The predicted molar refractivity (Wildman–Crippen MR) is 24.1 cm³/mol. The molecule has 0 aromatic carbocycles. The summed E-state index contributed by atoms with van der Waals surface area (Å²) in [6.07, 6.45) is 2.21. The molecule has 0 aliphatic heterocycles. The van der Waals surface area contributed by atoms with Crippen molar-refractivity contribution < 1.29 is 21.1 Å². The van der Waals surface area contributed by atoms with Gasteiger partial charge >= 0.3 is 0 Å². The van der Waals surface area contributed by atoms with E-state index in [2.05, 4.69) is 6.92 Å². The molecule has 0 spiro atoms. The largest absolute Gasteiger partial charge is 0.677 e. The fourth-order valence-electron chi connectivity index (χ4n) is 0.177. The fourth-order valence-corrected chi connectivity index (χ4v) is 0.177. The molecular weight excluding hydrogens is 158 g/mol. The Morgan fingerprint density at radius 2 is 2.00 bits per heavy atom. The van der Waals surface area contributed by atoms with Gasteiger partial charge in [0.2, 0.25) is 0 Å². The molecule has 0 fully saturated rings. The molecule has 0 atom stereocenters. The summed E-state index contributed by atoms with van der Waals surface area (Å²) in [7, 11) is 0. The molecule has 0 aliphatic rings. The molecule has 1 nitrogen and oxygen atoms in total. The van der Waals surface area contributed by atoms with E-state index in [1.165, 1.54) is 0 Å². The zero-order valence-corrected chi connectivity index (χ0v) is 6.04. The predicted octanol–water partition coefficient (Wildman–Crippen LogP) is 1.84. The van der Waals surface area contributed by atoms with Gasteiger partial charge in [-0.05, 0) is 0 Å². The third-order valence-electron chi connectivity index (χ3n) is 0.530. The maximum absolute atomic E-state index is 6.60. The van der Waals surface area contributed by atoms with E-state index in [1.807, 2.05) is 0 Å². The molecular formula is C4H10MoN-. The van der Waals surface area contributed by atoms with Gasteiger partial charge in [-0.25, -0.2) is 0 Å². The maximum Gasteiger partial charge on any atom is 0 e. The smallest absolute Gasteiger partial charge is 0 e. The Morgan fingerprint density at radius 3 is 2.00 bits per heavy atom. The summed E-state index contributed by atoms with van der Waals surface area (Å²) in [5, 5.41) is 0. The summed E-state index contributed by atoms with van der Waals surface area (Å²) < 4.78 is 0. The van der Waals surface area contributed by atoms with E-state index in [0.717, 1.165) is 12.8 Å². The summed E-state index contributed by atoms with van der Waals surface area (Å²) in [5.41, 5.74) is 6.60. The van der Waals surface area contributed by atoms with Gasteiger partial charge in [0.15, 0.2) is 0 Å². The van der Waals surface area contributed by atoms with Crippen molar-refractivity contribution in [1.82, 2.24) is 0 Å². The third-order valence-corrected chi connectivity index (χ3v) is 0.530. The molecule has 6 heavy (non-hydrogen) atoms. The van der Waals surface area contributed by atoms with Crippen LogP contribution in [0.5, 0.6) is 0 Å².